The van der Waals surface area contributed by atoms with E-state index in [0.29, 0.717) is 0 Å². The van der Waals surface area contributed by atoms with Gasteiger partial charge in [0.15, 0.2) is 11.5 Å². The number of hydrogen-bond acceptors (Lipinski definition) is 4. The number of alkyl halides is 2. The molecule has 0 radical (unpaired) electrons. The first-order valence-corrected chi connectivity index (χ1v) is 5.87. The zero-order valence-electron chi connectivity index (χ0n) is 10.0. The van der Waals surface area contributed by atoms with E-state index in [1.807, 2.05) is 0 Å². The van der Waals surface area contributed by atoms with Gasteiger partial charge in [0.1, 0.15) is 0 Å². The van der Waals surface area contributed by atoms with Gasteiger partial charge in [-0.15, -0.1) is 8.78 Å². The highest BCUT2D eigenvalue weighted by Gasteiger charge is 2.43. The van der Waals surface area contributed by atoms with Crippen molar-refractivity contribution in [3.63, 3.8) is 0 Å². The second kappa shape index (κ2) is 3.98. The molecule has 98 valence electrons. The smallest absolute Gasteiger partial charge is 0.395 e. The van der Waals surface area contributed by atoms with Crippen molar-refractivity contribution in [1.29, 1.82) is 0 Å². The lowest BCUT2D eigenvalue weighted by Gasteiger charge is -2.34. The summed E-state index contributed by atoms with van der Waals surface area (Å²) in [6.07, 6.45) is -3.54. The van der Waals surface area contributed by atoms with Crippen LogP contribution in [0.3, 0.4) is 0 Å². The molecular formula is C12H14F2N2O2. The Bertz CT molecular complexity index is 459. The second-order valence-corrected chi connectivity index (χ2v) is 4.59. The average molecular weight is 256 g/mol. The highest BCUT2D eigenvalue weighted by atomic mass is 19.3. The summed E-state index contributed by atoms with van der Waals surface area (Å²) in [4.78, 5) is 4.39. The van der Waals surface area contributed by atoms with Crippen LogP contribution in [0.25, 0.3) is 0 Å². The predicted molar refractivity (Wildman–Crippen MR) is 62.4 cm³/mol. The summed E-state index contributed by atoms with van der Waals surface area (Å²) in [5, 5.41) is 0. The summed E-state index contributed by atoms with van der Waals surface area (Å²) in [5.74, 6) is 0.203. The molecule has 3 rings (SSSR count). The van der Waals surface area contributed by atoms with E-state index in [-0.39, 0.29) is 11.5 Å². The standard InChI is InChI=1S/C12H14F2N2O2/c1-15-4-6-16(7-5-15)9-2-3-10-11(8-9)18-12(13,14)17-10/h2-3,8H,4-7H2,1H3. The van der Waals surface area contributed by atoms with E-state index in [0.717, 1.165) is 31.9 Å². The molecule has 18 heavy (non-hydrogen) atoms. The Morgan fingerprint density at radius 1 is 1.06 bits per heavy atom. The molecular weight excluding hydrogens is 242 g/mol. The maximum absolute atomic E-state index is 12.9. The van der Waals surface area contributed by atoms with Gasteiger partial charge in [0.2, 0.25) is 0 Å². The van der Waals surface area contributed by atoms with Crippen molar-refractivity contribution in [3.05, 3.63) is 18.2 Å². The zero-order chi connectivity index (χ0) is 12.8. The van der Waals surface area contributed by atoms with Crippen LogP contribution < -0.4 is 14.4 Å². The van der Waals surface area contributed by atoms with Crippen LogP contribution in [-0.4, -0.2) is 44.4 Å². The number of ether oxygens (including phenoxy) is 2. The topological polar surface area (TPSA) is 24.9 Å². The molecule has 4 nitrogen and oxygen atoms in total. The zero-order valence-corrected chi connectivity index (χ0v) is 10.0. The summed E-state index contributed by atoms with van der Waals surface area (Å²) in [6.45, 7) is 3.69. The van der Waals surface area contributed by atoms with Gasteiger partial charge >= 0.3 is 6.29 Å². The summed E-state index contributed by atoms with van der Waals surface area (Å²) < 4.78 is 34.6. The van der Waals surface area contributed by atoms with Crippen molar-refractivity contribution in [1.82, 2.24) is 4.90 Å². The molecule has 0 aliphatic carbocycles. The maximum Gasteiger partial charge on any atom is 0.586 e. The Labute approximate surface area is 104 Å². The van der Waals surface area contributed by atoms with Crippen LogP contribution in [0.1, 0.15) is 0 Å². The summed E-state index contributed by atoms with van der Waals surface area (Å²) in [6, 6.07) is 4.93. The minimum absolute atomic E-state index is 0.0953. The minimum Gasteiger partial charge on any atom is -0.395 e. The summed E-state index contributed by atoms with van der Waals surface area (Å²) in [5.41, 5.74) is 0.892. The maximum atomic E-state index is 12.9. The molecule has 0 aromatic heterocycles. The Balaban J connectivity index is 1.80. The van der Waals surface area contributed by atoms with E-state index in [1.54, 1.807) is 12.1 Å². The third kappa shape index (κ3) is 2.08. The number of rotatable bonds is 1. The van der Waals surface area contributed by atoms with Gasteiger partial charge in [-0.25, -0.2) is 0 Å². The first-order chi connectivity index (χ1) is 8.53. The van der Waals surface area contributed by atoms with Crippen LogP contribution in [-0.2, 0) is 0 Å². The van der Waals surface area contributed by atoms with Crippen molar-refractivity contribution >= 4 is 5.69 Å². The summed E-state index contributed by atoms with van der Waals surface area (Å²) >= 11 is 0. The van der Waals surface area contributed by atoms with Crippen molar-refractivity contribution in [2.24, 2.45) is 0 Å². The normalized spacial score (nSPS) is 22.3. The molecule has 1 aromatic carbocycles. The molecule has 1 aromatic rings. The van der Waals surface area contributed by atoms with Gasteiger partial charge < -0.3 is 19.3 Å². The van der Waals surface area contributed by atoms with Gasteiger partial charge in [0.05, 0.1) is 0 Å². The molecule has 0 amide bonds. The van der Waals surface area contributed by atoms with Crippen LogP contribution in [0.5, 0.6) is 11.5 Å². The fourth-order valence-electron chi connectivity index (χ4n) is 2.20. The number of nitrogens with zero attached hydrogens (tertiary/aromatic N) is 2. The molecule has 2 heterocycles. The van der Waals surface area contributed by atoms with Crippen LogP contribution >= 0.6 is 0 Å². The Kier molecular flexibility index (Phi) is 2.55. The molecule has 2 aliphatic heterocycles. The first-order valence-electron chi connectivity index (χ1n) is 5.87. The third-order valence-corrected chi connectivity index (χ3v) is 3.25. The van der Waals surface area contributed by atoms with Crippen molar-refractivity contribution in [2.45, 2.75) is 6.29 Å². The quantitative estimate of drug-likeness (QED) is 0.764. The highest BCUT2D eigenvalue weighted by molar-refractivity contribution is 5.57. The van der Waals surface area contributed by atoms with E-state index in [9.17, 15) is 8.78 Å². The number of anilines is 1. The van der Waals surface area contributed by atoms with Gasteiger partial charge in [-0.1, -0.05) is 0 Å². The summed E-state index contributed by atoms with van der Waals surface area (Å²) in [7, 11) is 2.07. The predicted octanol–water partition coefficient (Wildman–Crippen LogP) is 1.76. The molecule has 0 bridgehead atoms. The molecule has 0 spiro atoms. The molecule has 0 N–H and O–H groups in total. The van der Waals surface area contributed by atoms with Crippen LogP contribution in [0.15, 0.2) is 18.2 Å². The molecule has 6 heteroatoms. The Morgan fingerprint density at radius 3 is 2.44 bits per heavy atom. The lowest BCUT2D eigenvalue weighted by molar-refractivity contribution is -0.286. The van der Waals surface area contributed by atoms with Crippen LogP contribution in [0.2, 0.25) is 0 Å². The number of fused-ring (bicyclic) bond motifs is 1. The third-order valence-electron chi connectivity index (χ3n) is 3.25. The van der Waals surface area contributed by atoms with Crippen molar-refractivity contribution in [3.8, 4) is 11.5 Å². The van der Waals surface area contributed by atoms with E-state index in [4.69, 9.17) is 0 Å². The van der Waals surface area contributed by atoms with Gasteiger partial charge in [0.25, 0.3) is 0 Å². The van der Waals surface area contributed by atoms with Gasteiger partial charge in [-0.05, 0) is 19.2 Å². The number of piperazine rings is 1. The van der Waals surface area contributed by atoms with E-state index >= 15 is 0 Å². The van der Waals surface area contributed by atoms with Crippen molar-refractivity contribution < 1.29 is 18.3 Å². The first kappa shape index (κ1) is 11.5. The largest absolute Gasteiger partial charge is 0.586 e. The van der Waals surface area contributed by atoms with E-state index < -0.39 is 6.29 Å². The van der Waals surface area contributed by atoms with Crippen LogP contribution in [0.4, 0.5) is 14.5 Å². The minimum atomic E-state index is -3.54. The van der Waals surface area contributed by atoms with Gasteiger partial charge in [0, 0.05) is 37.9 Å². The molecule has 0 saturated carbocycles. The number of hydrogen-bond donors (Lipinski definition) is 0. The fraction of sp³-hybridized carbons (Fsp3) is 0.500. The molecule has 1 saturated heterocycles. The molecule has 0 atom stereocenters. The van der Waals surface area contributed by atoms with Gasteiger partial charge in [-0.3, -0.25) is 0 Å². The number of halogens is 2. The Hall–Kier alpha value is -1.56. The molecule has 1 fully saturated rings. The second-order valence-electron chi connectivity index (χ2n) is 4.59. The number of benzene rings is 1. The lowest BCUT2D eigenvalue weighted by Crippen LogP contribution is -2.44. The fourth-order valence-corrected chi connectivity index (χ4v) is 2.20. The van der Waals surface area contributed by atoms with E-state index in [2.05, 4.69) is 26.3 Å². The van der Waals surface area contributed by atoms with E-state index in [1.165, 1.54) is 6.07 Å². The SMILES string of the molecule is CN1CCN(c2ccc3c(c2)OC(F)(F)O3)CC1. The average Bonchev–Trinajstić information content (AvgIpc) is 2.62. The van der Waals surface area contributed by atoms with Gasteiger partial charge in [-0.2, -0.15) is 0 Å². The lowest BCUT2D eigenvalue weighted by atomic mass is 10.2. The Morgan fingerprint density at radius 2 is 1.72 bits per heavy atom. The van der Waals surface area contributed by atoms with Crippen LogP contribution in [0, 0.1) is 0 Å². The molecule has 2 aliphatic rings. The molecule has 0 unspecified atom stereocenters. The monoisotopic (exact) mass is 256 g/mol. The van der Waals surface area contributed by atoms with Crippen molar-refractivity contribution in [2.75, 3.05) is 38.1 Å². The highest BCUT2D eigenvalue weighted by Crippen LogP contribution is 2.42. The number of likely N-dealkylation sites (N-methyl/N-ethyl adjacent to an activating group) is 1.